The van der Waals surface area contributed by atoms with Crippen molar-refractivity contribution in [3.63, 3.8) is 0 Å². The summed E-state index contributed by atoms with van der Waals surface area (Å²) in [6, 6.07) is 12.5. The first-order valence-corrected chi connectivity index (χ1v) is 8.02. The average molecular weight is 317 g/mol. The summed E-state index contributed by atoms with van der Waals surface area (Å²) in [5.41, 5.74) is 7.96. The predicted octanol–water partition coefficient (Wildman–Crippen LogP) is 3.91. The van der Waals surface area contributed by atoms with Gasteiger partial charge in [-0.3, -0.25) is 0 Å². The van der Waals surface area contributed by atoms with Crippen molar-refractivity contribution in [3.05, 3.63) is 59.4 Å². The molecule has 0 aliphatic heterocycles. The molecular weight excluding hydrogens is 293 g/mol. The van der Waals surface area contributed by atoms with Gasteiger partial charge in [-0.15, -0.1) is 0 Å². The third-order valence-electron chi connectivity index (χ3n) is 3.69. The second-order valence-corrected chi connectivity index (χ2v) is 5.34. The van der Waals surface area contributed by atoms with Crippen molar-refractivity contribution >= 4 is 0 Å². The van der Waals surface area contributed by atoms with Gasteiger partial charge in [-0.25, -0.2) is 4.39 Å². The van der Waals surface area contributed by atoms with Crippen molar-refractivity contribution in [1.29, 1.82) is 0 Å². The van der Waals surface area contributed by atoms with Gasteiger partial charge in [-0.05, 0) is 62.2 Å². The van der Waals surface area contributed by atoms with Crippen molar-refractivity contribution in [2.45, 2.75) is 26.2 Å². The van der Waals surface area contributed by atoms with Gasteiger partial charge in [-0.2, -0.15) is 0 Å². The maximum atomic E-state index is 13.4. The summed E-state index contributed by atoms with van der Waals surface area (Å²) in [6.45, 7) is 5.52. The predicted molar refractivity (Wildman–Crippen MR) is 90.7 cm³/mol. The Balaban J connectivity index is 2.24. The van der Waals surface area contributed by atoms with Crippen LogP contribution >= 0.6 is 0 Å². The van der Waals surface area contributed by atoms with E-state index in [1.54, 1.807) is 12.1 Å². The van der Waals surface area contributed by atoms with Gasteiger partial charge >= 0.3 is 0 Å². The number of rotatable bonds is 8. The lowest BCUT2D eigenvalue weighted by atomic mass is 9.92. The molecule has 2 rings (SSSR count). The molecule has 4 heteroatoms. The smallest absolute Gasteiger partial charge is 0.161 e. The van der Waals surface area contributed by atoms with E-state index < -0.39 is 0 Å². The Morgan fingerprint density at radius 3 is 2.39 bits per heavy atom. The molecular formula is C19H24FNO2. The van der Waals surface area contributed by atoms with Crippen molar-refractivity contribution in [3.8, 4) is 11.5 Å². The van der Waals surface area contributed by atoms with E-state index in [0.29, 0.717) is 26.2 Å². The first kappa shape index (κ1) is 17.3. The van der Waals surface area contributed by atoms with Crippen LogP contribution in [0.25, 0.3) is 0 Å². The molecule has 3 nitrogen and oxygen atoms in total. The fraction of sp³-hybridized carbons (Fsp3) is 0.368. The number of hydrogen-bond donors (Lipinski definition) is 1. The molecule has 0 bridgehead atoms. The van der Waals surface area contributed by atoms with E-state index in [0.717, 1.165) is 22.6 Å². The number of benzene rings is 2. The molecule has 2 aromatic carbocycles. The van der Waals surface area contributed by atoms with Crippen LogP contribution in [-0.2, 0) is 6.42 Å². The molecule has 0 heterocycles. The molecule has 0 aliphatic rings. The maximum Gasteiger partial charge on any atom is 0.161 e. The van der Waals surface area contributed by atoms with Gasteiger partial charge in [0.25, 0.3) is 0 Å². The van der Waals surface area contributed by atoms with Crippen LogP contribution in [0, 0.1) is 5.82 Å². The molecule has 1 atom stereocenters. The van der Waals surface area contributed by atoms with E-state index in [4.69, 9.17) is 15.2 Å². The Kier molecular flexibility index (Phi) is 6.41. The van der Waals surface area contributed by atoms with Gasteiger partial charge in [0, 0.05) is 5.92 Å². The number of ether oxygens (including phenoxy) is 2. The fourth-order valence-corrected chi connectivity index (χ4v) is 2.61. The molecule has 124 valence electrons. The largest absolute Gasteiger partial charge is 0.490 e. The second-order valence-electron chi connectivity index (χ2n) is 5.34. The summed E-state index contributed by atoms with van der Waals surface area (Å²) < 4.78 is 24.6. The zero-order chi connectivity index (χ0) is 16.7. The average Bonchev–Trinajstić information content (AvgIpc) is 2.55. The summed E-state index contributed by atoms with van der Waals surface area (Å²) in [5, 5.41) is 0. The molecule has 0 amide bonds. The van der Waals surface area contributed by atoms with E-state index >= 15 is 0 Å². The highest BCUT2D eigenvalue weighted by Crippen LogP contribution is 2.32. The quantitative estimate of drug-likeness (QED) is 0.803. The Morgan fingerprint density at radius 2 is 1.74 bits per heavy atom. The normalized spacial score (nSPS) is 12.0. The lowest BCUT2D eigenvalue weighted by molar-refractivity contribution is 0.287. The van der Waals surface area contributed by atoms with Crippen molar-refractivity contribution in [2.75, 3.05) is 19.8 Å². The Morgan fingerprint density at radius 1 is 1.00 bits per heavy atom. The van der Waals surface area contributed by atoms with Crippen LogP contribution in [0.15, 0.2) is 42.5 Å². The number of halogens is 1. The van der Waals surface area contributed by atoms with Gasteiger partial charge < -0.3 is 15.2 Å². The first-order chi connectivity index (χ1) is 11.2. The number of nitrogens with two attached hydrogens (primary N) is 1. The van der Waals surface area contributed by atoms with Crippen molar-refractivity contribution in [1.82, 2.24) is 0 Å². The highest BCUT2D eigenvalue weighted by Gasteiger charge is 2.14. The van der Waals surface area contributed by atoms with Gasteiger partial charge in [0.2, 0.25) is 0 Å². The monoisotopic (exact) mass is 317 g/mol. The van der Waals surface area contributed by atoms with Gasteiger partial charge in [0.1, 0.15) is 5.82 Å². The maximum absolute atomic E-state index is 13.4. The summed E-state index contributed by atoms with van der Waals surface area (Å²) in [6.07, 6.45) is 0.688. The van der Waals surface area contributed by atoms with Crippen LogP contribution in [0.3, 0.4) is 0 Å². The fourth-order valence-electron chi connectivity index (χ4n) is 2.61. The number of hydrogen-bond acceptors (Lipinski definition) is 3. The molecule has 0 radical (unpaired) electrons. The molecule has 0 aromatic heterocycles. The van der Waals surface area contributed by atoms with Gasteiger partial charge in [0.05, 0.1) is 13.2 Å². The van der Waals surface area contributed by atoms with Gasteiger partial charge in [0.15, 0.2) is 11.5 Å². The standard InChI is InChI=1S/C19H24FNO2/c1-3-22-18-9-8-15(12-19(18)23-4-2)16(13-21)10-14-6-5-7-17(20)11-14/h5-9,11-12,16H,3-4,10,13,21H2,1-2H3. The minimum atomic E-state index is -0.222. The minimum Gasteiger partial charge on any atom is -0.490 e. The Hall–Kier alpha value is -2.07. The van der Waals surface area contributed by atoms with E-state index in [2.05, 4.69) is 0 Å². The molecule has 2 aromatic rings. The molecule has 1 unspecified atom stereocenters. The lowest BCUT2D eigenvalue weighted by Gasteiger charge is -2.18. The van der Waals surface area contributed by atoms with Crippen LogP contribution in [-0.4, -0.2) is 19.8 Å². The lowest BCUT2D eigenvalue weighted by Crippen LogP contribution is -2.15. The van der Waals surface area contributed by atoms with Crippen LogP contribution in [0.4, 0.5) is 4.39 Å². The van der Waals surface area contributed by atoms with Crippen molar-refractivity contribution in [2.24, 2.45) is 5.73 Å². The van der Waals surface area contributed by atoms with Crippen LogP contribution in [0.5, 0.6) is 11.5 Å². The highest BCUT2D eigenvalue weighted by atomic mass is 19.1. The molecule has 0 saturated heterocycles. The Bertz CT molecular complexity index is 631. The second kappa shape index (κ2) is 8.53. The topological polar surface area (TPSA) is 44.5 Å². The summed E-state index contributed by atoms with van der Waals surface area (Å²) in [7, 11) is 0. The highest BCUT2D eigenvalue weighted by molar-refractivity contribution is 5.44. The summed E-state index contributed by atoms with van der Waals surface area (Å²) in [5.74, 6) is 1.34. The molecule has 2 N–H and O–H groups in total. The third-order valence-corrected chi connectivity index (χ3v) is 3.69. The van der Waals surface area contributed by atoms with E-state index in [1.807, 2.05) is 38.1 Å². The van der Waals surface area contributed by atoms with Gasteiger partial charge in [-0.1, -0.05) is 18.2 Å². The third kappa shape index (κ3) is 4.70. The van der Waals surface area contributed by atoms with Crippen molar-refractivity contribution < 1.29 is 13.9 Å². The molecule has 0 spiro atoms. The van der Waals surface area contributed by atoms with Crippen LogP contribution < -0.4 is 15.2 Å². The zero-order valence-corrected chi connectivity index (χ0v) is 13.7. The molecule has 0 saturated carbocycles. The van der Waals surface area contributed by atoms with Crippen LogP contribution in [0.1, 0.15) is 30.9 Å². The molecule has 0 fully saturated rings. The summed E-state index contributed by atoms with van der Waals surface area (Å²) >= 11 is 0. The summed E-state index contributed by atoms with van der Waals surface area (Å²) in [4.78, 5) is 0. The zero-order valence-electron chi connectivity index (χ0n) is 13.7. The Labute approximate surface area is 137 Å². The van der Waals surface area contributed by atoms with Crippen LogP contribution in [0.2, 0.25) is 0 Å². The minimum absolute atomic E-state index is 0.103. The van der Waals surface area contributed by atoms with E-state index in [-0.39, 0.29) is 11.7 Å². The van der Waals surface area contributed by atoms with E-state index in [1.165, 1.54) is 6.07 Å². The molecule has 0 aliphatic carbocycles. The first-order valence-electron chi connectivity index (χ1n) is 8.02. The molecule has 23 heavy (non-hydrogen) atoms. The SMILES string of the molecule is CCOc1ccc(C(CN)Cc2cccc(F)c2)cc1OCC. The van der Waals surface area contributed by atoms with E-state index in [9.17, 15) is 4.39 Å².